The van der Waals surface area contributed by atoms with Crippen molar-refractivity contribution in [2.24, 2.45) is 0 Å². The number of fused-ring (bicyclic) bond motifs is 3. The summed E-state index contributed by atoms with van der Waals surface area (Å²) in [6.07, 6.45) is 1.11. The summed E-state index contributed by atoms with van der Waals surface area (Å²) in [5.41, 5.74) is -3.00. The van der Waals surface area contributed by atoms with E-state index >= 15 is 0 Å². The van der Waals surface area contributed by atoms with Gasteiger partial charge in [-0.05, 0) is 36.4 Å². The molecule has 0 saturated carbocycles. The molecule has 176 valence electrons. The molecule has 3 heterocycles. The summed E-state index contributed by atoms with van der Waals surface area (Å²) < 4.78 is 16.5. The zero-order valence-electron chi connectivity index (χ0n) is 18.4. The molecule has 8 nitrogen and oxygen atoms in total. The Labute approximate surface area is 200 Å². The fourth-order valence-electron chi connectivity index (χ4n) is 4.55. The van der Waals surface area contributed by atoms with Crippen molar-refractivity contribution in [1.82, 2.24) is 0 Å². The van der Waals surface area contributed by atoms with Crippen LogP contribution < -0.4 is 16.7 Å². The number of rotatable bonds is 3. The van der Waals surface area contributed by atoms with E-state index < -0.39 is 45.2 Å². The minimum Gasteiger partial charge on any atom is -0.507 e. The Kier molecular flexibility index (Phi) is 4.75. The lowest BCUT2D eigenvalue weighted by molar-refractivity contribution is 0.440. The molecule has 0 unspecified atom stereocenters. The van der Waals surface area contributed by atoms with Gasteiger partial charge in [-0.25, -0.2) is 9.59 Å². The predicted molar refractivity (Wildman–Crippen MR) is 132 cm³/mol. The molecule has 3 aromatic heterocycles. The van der Waals surface area contributed by atoms with Crippen molar-refractivity contribution in [2.75, 3.05) is 0 Å². The van der Waals surface area contributed by atoms with Crippen LogP contribution in [0.4, 0.5) is 0 Å². The first kappa shape index (κ1) is 21.4. The van der Waals surface area contributed by atoms with Gasteiger partial charge in [0.25, 0.3) is 0 Å². The quantitative estimate of drug-likeness (QED) is 0.352. The van der Waals surface area contributed by atoms with Gasteiger partial charge in [0.2, 0.25) is 0 Å². The lowest BCUT2D eigenvalue weighted by atomic mass is 9.85. The van der Waals surface area contributed by atoms with E-state index in [-0.39, 0.29) is 38.5 Å². The topological polar surface area (TPSA) is 131 Å². The third-order valence-electron chi connectivity index (χ3n) is 6.23. The van der Waals surface area contributed by atoms with Crippen molar-refractivity contribution in [1.29, 1.82) is 0 Å². The zero-order valence-corrected chi connectivity index (χ0v) is 18.4. The molecule has 0 radical (unpaired) electrons. The number of aromatic hydroxyl groups is 2. The summed E-state index contributed by atoms with van der Waals surface area (Å²) in [6.45, 7) is 0. The van der Waals surface area contributed by atoms with Gasteiger partial charge in [-0.2, -0.15) is 0 Å². The van der Waals surface area contributed by atoms with Crippen molar-refractivity contribution >= 4 is 32.9 Å². The van der Waals surface area contributed by atoms with Crippen LogP contribution in [0.1, 0.15) is 22.6 Å². The molecule has 0 saturated heterocycles. The Morgan fingerprint density at radius 1 is 0.583 bits per heavy atom. The van der Waals surface area contributed by atoms with E-state index in [1.165, 1.54) is 30.3 Å². The van der Waals surface area contributed by atoms with Crippen LogP contribution in [0, 0.1) is 0 Å². The average Bonchev–Trinajstić information content (AvgIpc) is 2.88. The van der Waals surface area contributed by atoms with E-state index in [0.29, 0.717) is 0 Å². The average molecular weight is 480 g/mol. The maximum atomic E-state index is 13.6. The van der Waals surface area contributed by atoms with Crippen LogP contribution in [-0.2, 0) is 0 Å². The number of benzene rings is 3. The largest absolute Gasteiger partial charge is 0.507 e. The second-order valence-electron chi connectivity index (χ2n) is 8.25. The molecule has 8 heteroatoms. The van der Waals surface area contributed by atoms with Gasteiger partial charge in [0.1, 0.15) is 28.2 Å². The highest BCUT2D eigenvalue weighted by molar-refractivity contribution is 5.87. The molecule has 0 aliphatic carbocycles. The minimum atomic E-state index is -1.56. The monoisotopic (exact) mass is 480 g/mol. The lowest BCUT2D eigenvalue weighted by Crippen LogP contribution is -2.25. The lowest BCUT2D eigenvalue weighted by Gasteiger charge is -2.19. The summed E-state index contributed by atoms with van der Waals surface area (Å²) >= 11 is 0. The van der Waals surface area contributed by atoms with Gasteiger partial charge in [0.15, 0.2) is 5.43 Å². The molecule has 36 heavy (non-hydrogen) atoms. The van der Waals surface area contributed by atoms with Crippen LogP contribution in [-0.4, -0.2) is 10.2 Å². The van der Waals surface area contributed by atoms with Gasteiger partial charge in [-0.15, -0.1) is 0 Å². The molecule has 3 aromatic carbocycles. The van der Waals surface area contributed by atoms with Crippen molar-refractivity contribution < 1.29 is 23.5 Å². The second-order valence-corrected chi connectivity index (χ2v) is 8.25. The first-order valence-corrected chi connectivity index (χ1v) is 11.0. The van der Waals surface area contributed by atoms with Crippen LogP contribution in [0.2, 0.25) is 0 Å². The van der Waals surface area contributed by atoms with E-state index in [4.69, 9.17) is 13.3 Å². The summed E-state index contributed by atoms with van der Waals surface area (Å²) in [5.74, 6) is -2.55. The van der Waals surface area contributed by atoms with E-state index in [1.54, 1.807) is 42.5 Å². The Morgan fingerprint density at radius 2 is 1.03 bits per heavy atom. The predicted octanol–water partition coefficient (Wildman–Crippen LogP) is 4.60. The molecule has 0 atom stereocenters. The molecular weight excluding hydrogens is 464 g/mol. The Bertz CT molecular complexity index is 1900. The van der Waals surface area contributed by atoms with E-state index in [1.807, 2.05) is 0 Å². The van der Waals surface area contributed by atoms with E-state index in [0.717, 1.165) is 6.26 Å². The van der Waals surface area contributed by atoms with Gasteiger partial charge >= 0.3 is 11.3 Å². The number of para-hydroxylation sites is 3. The minimum absolute atomic E-state index is 0.114. The van der Waals surface area contributed by atoms with Crippen molar-refractivity contribution in [3.05, 3.63) is 127 Å². The molecular formula is C28H16O8. The highest BCUT2D eigenvalue weighted by Gasteiger charge is 2.34. The van der Waals surface area contributed by atoms with Crippen LogP contribution in [0.3, 0.4) is 0 Å². The molecule has 6 rings (SSSR count). The smallest absolute Gasteiger partial charge is 0.344 e. The van der Waals surface area contributed by atoms with Gasteiger partial charge < -0.3 is 23.5 Å². The first-order chi connectivity index (χ1) is 17.5. The number of hydrogen-bond acceptors (Lipinski definition) is 8. The second kappa shape index (κ2) is 7.99. The maximum Gasteiger partial charge on any atom is 0.344 e. The van der Waals surface area contributed by atoms with Crippen LogP contribution >= 0.6 is 0 Å². The molecule has 0 aliphatic heterocycles. The SMILES string of the molecule is O=c1oc2ccccc2c(O)c1C(c1c(O)c2ccccc2oc1=O)c1coc2ccccc2c1=O. The molecule has 0 fully saturated rings. The molecule has 0 bridgehead atoms. The van der Waals surface area contributed by atoms with E-state index in [2.05, 4.69) is 0 Å². The summed E-state index contributed by atoms with van der Waals surface area (Å²) in [6, 6.07) is 19.0. The van der Waals surface area contributed by atoms with Crippen molar-refractivity contribution in [3.63, 3.8) is 0 Å². The fraction of sp³-hybridized carbons (Fsp3) is 0.0357. The van der Waals surface area contributed by atoms with Gasteiger partial charge in [0.05, 0.1) is 39.5 Å². The number of hydrogen-bond donors (Lipinski definition) is 2. The molecule has 0 spiro atoms. The normalized spacial score (nSPS) is 11.6. The highest BCUT2D eigenvalue weighted by atomic mass is 16.4. The van der Waals surface area contributed by atoms with E-state index in [9.17, 15) is 24.6 Å². The van der Waals surface area contributed by atoms with Crippen molar-refractivity contribution in [3.8, 4) is 11.5 Å². The van der Waals surface area contributed by atoms with Gasteiger partial charge in [-0.1, -0.05) is 36.4 Å². The summed E-state index contributed by atoms with van der Waals surface area (Å²) in [4.78, 5) is 40.1. The highest BCUT2D eigenvalue weighted by Crippen LogP contribution is 2.41. The molecule has 2 N–H and O–H groups in total. The van der Waals surface area contributed by atoms with Gasteiger partial charge in [-0.3, -0.25) is 4.79 Å². The Hall–Kier alpha value is -5.11. The Morgan fingerprint density at radius 3 is 1.56 bits per heavy atom. The van der Waals surface area contributed by atoms with Crippen LogP contribution in [0.25, 0.3) is 32.9 Å². The summed E-state index contributed by atoms with van der Waals surface area (Å²) in [5, 5.41) is 23.0. The third-order valence-corrected chi connectivity index (χ3v) is 6.23. The standard InChI is InChI=1S/C28H16O8/c29-24-14-7-1-4-10-18(14)34-13-17(24)21(22-25(30)15-8-2-5-11-19(15)35-27(22)32)23-26(31)16-9-3-6-12-20(16)36-28(23)33/h1-13,21,30-31H. The first-order valence-electron chi connectivity index (χ1n) is 11.0. The third kappa shape index (κ3) is 3.12. The molecule has 6 aromatic rings. The van der Waals surface area contributed by atoms with Crippen LogP contribution in [0.5, 0.6) is 11.5 Å². The maximum absolute atomic E-state index is 13.6. The Balaban J connectivity index is 1.78. The summed E-state index contributed by atoms with van der Waals surface area (Å²) in [7, 11) is 0. The zero-order chi connectivity index (χ0) is 25.0. The van der Waals surface area contributed by atoms with Crippen molar-refractivity contribution in [2.45, 2.75) is 5.92 Å². The molecule has 0 amide bonds. The van der Waals surface area contributed by atoms with Crippen LogP contribution in [0.15, 0.2) is 107 Å². The van der Waals surface area contributed by atoms with Gasteiger partial charge in [0, 0.05) is 5.56 Å². The fourth-order valence-corrected chi connectivity index (χ4v) is 4.55. The molecule has 0 aliphatic rings.